The zero-order valence-corrected chi connectivity index (χ0v) is 15.0. The molecule has 0 aliphatic rings. The topological polar surface area (TPSA) is 38.1 Å². The summed E-state index contributed by atoms with van der Waals surface area (Å²) in [4.78, 5) is 20.0. The van der Waals surface area contributed by atoms with Crippen LogP contribution in [0.3, 0.4) is 0 Å². The highest BCUT2D eigenvalue weighted by molar-refractivity contribution is 7.09. The molecule has 4 nitrogen and oxygen atoms in total. The van der Waals surface area contributed by atoms with Crippen molar-refractivity contribution >= 4 is 17.2 Å². The largest absolute Gasteiger partial charge is 0.343 e. The summed E-state index contributed by atoms with van der Waals surface area (Å²) in [5, 5.41) is 2.08. The maximum absolute atomic E-state index is 12.8. The summed E-state index contributed by atoms with van der Waals surface area (Å²) in [6.45, 7) is 5.44. The number of amides is 1. The van der Waals surface area contributed by atoms with E-state index in [2.05, 4.69) is 34.0 Å². The van der Waals surface area contributed by atoms with Gasteiger partial charge in [-0.15, -0.1) is 11.3 Å². The molecule has 3 aromatic heterocycles. The Morgan fingerprint density at radius 3 is 2.79 bits per heavy atom. The van der Waals surface area contributed by atoms with Gasteiger partial charge in [-0.25, -0.2) is 0 Å². The molecule has 0 aromatic carbocycles. The molecule has 0 atom stereocenters. The van der Waals surface area contributed by atoms with Crippen molar-refractivity contribution < 1.29 is 4.79 Å². The molecular weight excluding hydrogens is 318 g/mol. The smallest absolute Gasteiger partial charge is 0.255 e. The van der Waals surface area contributed by atoms with Crippen molar-refractivity contribution in [1.29, 1.82) is 0 Å². The van der Waals surface area contributed by atoms with Crippen molar-refractivity contribution in [2.75, 3.05) is 7.05 Å². The third kappa shape index (κ3) is 3.41. The van der Waals surface area contributed by atoms with Crippen LogP contribution in [0.25, 0.3) is 0 Å². The van der Waals surface area contributed by atoms with Gasteiger partial charge in [0, 0.05) is 42.3 Å². The van der Waals surface area contributed by atoms with Gasteiger partial charge in [-0.1, -0.05) is 12.1 Å². The molecule has 1 amide bonds. The molecule has 0 saturated carbocycles. The van der Waals surface area contributed by atoms with Gasteiger partial charge in [-0.3, -0.25) is 9.78 Å². The lowest BCUT2D eigenvalue weighted by molar-refractivity contribution is 0.0784. The highest BCUT2D eigenvalue weighted by Crippen LogP contribution is 2.20. The molecule has 3 aromatic rings. The van der Waals surface area contributed by atoms with Gasteiger partial charge >= 0.3 is 0 Å². The van der Waals surface area contributed by atoms with E-state index in [0.717, 1.165) is 29.1 Å². The van der Waals surface area contributed by atoms with Gasteiger partial charge in [-0.2, -0.15) is 0 Å². The van der Waals surface area contributed by atoms with Crippen LogP contribution in [0.15, 0.2) is 48.1 Å². The van der Waals surface area contributed by atoms with Crippen LogP contribution in [0, 0.1) is 13.8 Å². The van der Waals surface area contributed by atoms with E-state index in [4.69, 9.17) is 0 Å². The SMILES string of the molecule is Cc1cc(C(=O)N(C)Cc2cccnc2)c(C)n1Cc1cccs1. The number of nitrogens with zero attached hydrogens (tertiary/aromatic N) is 3. The molecule has 0 saturated heterocycles. The van der Waals surface area contributed by atoms with E-state index in [1.54, 1.807) is 28.6 Å². The van der Waals surface area contributed by atoms with Crippen molar-refractivity contribution in [1.82, 2.24) is 14.5 Å². The van der Waals surface area contributed by atoms with Crippen LogP contribution in [0.5, 0.6) is 0 Å². The average Bonchev–Trinajstić information content (AvgIpc) is 3.19. The minimum Gasteiger partial charge on any atom is -0.343 e. The highest BCUT2D eigenvalue weighted by atomic mass is 32.1. The third-order valence-corrected chi connectivity index (χ3v) is 5.05. The van der Waals surface area contributed by atoms with E-state index in [0.29, 0.717) is 6.54 Å². The molecule has 0 aliphatic carbocycles. The number of pyridine rings is 1. The molecule has 0 unspecified atom stereocenters. The molecule has 0 radical (unpaired) electrons. The zero-order chi connectivity index (χ0) is 17.1. The maximum Gasteiger partial charge on any atom is 0.255 e. The molecule has 3 heterocycles. The normalized spacial score (nSPS) is 10.8. The Morgan fingerprint density at radius 2 is 2.12 bits per heavy atom. The Hall–Kier alpha value is -2.40. The summed E-state index contributed by atoms with van der Waals surface area (Å²) in [6, 6.07) is 10.0. The summed E-state index contributed by atoms with van der Waals surface area (Å²) < 4.78 is 2.21. The summed E-state index contributed by atoms with van der Waals surface area (Å²) >= 11 is 1.74. The maximum atomic E-state index is 12.8. The molecule has 24 heavy (non-hydrogen) atoms. The van der Waals surface area contributed by atoms with Crippen LogP contribution in [0.2, 0.25) is 0 Å². The summed E-state index contributed by atoms with van der Waals surface area (Å²) in [5.41, 5.74) is 3.93. The second-order valence-electron chi connectivity index (χ2n) is 5.97. The van der Waals surface area contributed by atoms with Gasteiger partial charge in [-0.05, 0) is 43.0 Å². The number of rotatable bonds is 5. The molecule has 0 N–H and O–H groups in total. The predicted octanol–water partition coefficient (Wildman–Crippen LogP) is 3.88. The van der Waals surface area contributed by atoms with Crippen molar-refractivity contribution in [2.24, 2.45) is 0 Å². The third-order valence-electron chi connectivity index (χ3n) is 4.19. The van der Waals surface area contributed by atoms with Crippen LogP contribution in [-0.4, -0.2) is 27.4 Å². The molecule has 0 bridgehead atoms. The van der Waals surface area contributed by atoms with Crippen LogP contribution >= 0.6 is 11.3 Å². The van der Waals surface area contributed by atoms with Crippen LogP contribution in [0.1, 0.15) is 32.2 Å². The van der Waals surface area contributed by atoms with E-state index in [9.17, 15) is 4.79 Å². The number of carbonyl (C=O) groups is 1. The van der Waals surface area contributed by atoms with Gasteiger partial charge in [0.25, 0.3) is 5.91 Å². The van der Waals surface area contributed by atoms with E-state index in [1.807, 2.05) is 32.2 Å². The zero-order valence-electron chi connectivity index (χ0n) is 14.2. The van der Waals surface area contributed by atoms with Gasteiger partial charge in [0.2, 0.25) is 0 Å². The van der Waals surface area contributed by atoms with Gasteiger partial charge in [0.05, 0.1) is 12.1 Å². The number of aromatic nitrogens is 2. The predicted molar refractivity (Wildman–Crippen MR) is 97.4 cm³/mol. The van der Waals surface area contributed by atoms with Crippen LogP contribution in [0.4, 0.5) is 0 Å². The summed E-state index contributed by atoms with van der Waals surface area (Å²) in [6.07, 6.45) is 3.54. The molecule has 5 heteroatoms. The standard InChI is InChI=1S/C19H21N3OS/c1-14-10-18(15(2)22(14)13-17-7-5-9-24-17)19(23)21(3)12-16-6-4-8-20-11-16/h4-11H,12-13H2,1-3H3. The Morgan fingerprint density at radius 1 is 1.29 bits per heavy atom. The lowest BCUT2D eigenvalue weighted by atomic mass is 10.2. The molecule has 0 aliphatic heterocycles. The number of aryl methyl sites for hydroxylation is 1. The minimum atomic E-state index is 0.0457. The molecule has 0 spiro atoms. The van der Waals surface area contributed by atoms with Crippen molar-refractivity contribution in [3.8, 4) is 0 Å². The molecule has 124 valence electrons. The van der Waals surface area contributed by atoms with Crippen molar-refractivity contribution in [3.63, 3.8) is 0 Å². The number of carbonyl (C=O) groups excluding carboxylic acids is 1. The number of hydrogen-bond donors (Lipinski definition) is 0. The first-order valence-electron chi connectivity index (χ1n) is 7.89. The molecule has 3 rings (SSSR count). The van der Waals surface area contributed by atoms with Crippen molar-refractivity contribution in [3.05, 3.63) is 75.5 Å². The van der Waals surface area contributed by atoms with E-state index in [1.165, 1.54) is 4.88 Å². The fourth-order valence-electron chi connectivity index (χ4n) is 2.86. The first kappa shape index (κ1) is 16.5. The second kappa shape index (κ2) is 7.01. The lowest BCUT2D eigenvalue weighted by Gasteiger charge is -2.17. The van der Waals surface area contributed by atoms with Gasteiger partial charge < -0.3 is 9.47 Å². The van der Waals surface area contributed by atoms with Gasteiger partial charge in [0.1, 0.15) is 0 Å². The van der Waals surface area contributed by atoms with Crippen molar-refractivity contribution in [2.45, 2.75) is 26.9 Å². The Bertz CT molecular complexity index is 822. The minimum absolute atomic E-state index is 0.0457. The first-order valence-corrected chi connectivity index (χ1v) is 8.77. The average molecular weight is 339 g/mol. The van der Waals surface area contributed by atoms with E-state index >= 15 is 0 Å². The second-order valence-corrected chi connectivity index (χ2v) is 7.01. The fraction of sp³-hybridized carbons (Fsp3) is 0.263. The van der Waals surface area contributed by atoms with E-state index in [-0.39, 0.29) is 5.91 Å². The fourth-order valence-corrected chi connectivity index (χ4v) is 3.55. The summed E-state index contributed by atoms with van der Waals surface area (Å²) in [5.74, 6) is 0.0457. The Balaban J connectivity index is 1.80. The monoisotopic (exact) mass is 339 g/mol. The highest BCUT2D eigenvalue weighted by Gasteiger charge is 2.19. The number of hydrogen-bond acceptors (Lipinski definition) is 3. The Labute approximate surface area is 146 Å². The first-order chi connectivity index (χ1) is 11.6. The number of thiophene rings is 1. The quantitative estimate of drug-likeness (QED) is 0.707. The Kier molecular flexibility index (Phi) is 4.81. The van der Waals surface area contributed by atoms with Crippen LogP contribution in [-0.2, 0) is 13.1 Å². The van der Waals surface area contributed by atoms with Crippen LogP contribution < -0.4 is 0 Å². The summed E-state index contributed by atoms with van der Waals surface area (Å²) in [7, 11) is 1.83. The lowest BCUT2D eigenvalue weighted by Crippen LogP contribution is -2.26. The molecular formula is C19H21N3OS. The van der Waals surface area contributed by atoms with E-state index < -0.39 is 0 Å². The van der Waals surface area contributed by atoms with Gasteiger partial charge in [0.15, 0.2) is 0 Å². The molecule has 0 fully saturated rings.